The highest BCUT2D eigenvalue weighted by Crippen LogP contribution is 2.35. The number of fused-ring (bicyclic) bond motifs is 1. The third-order valence-corrected chi connectivity index (χ3v) is 9.14. The zero-order valence-corrected chi connectivity index (χ0v) is 35.4. The Morgan fingerprint density at radius 3 is 1.08 bits per heavy atom. The van der Waals surface area contributed by atoms with Gasteiger partial charge in [0.25, 0.3) is 0 Å². The number of aliphatic hydroxyl groups excluding tert-OH is 3. The van der Waals surface area contributed by atoms with E-state index in [0.717, 1.165) is 35.8 Å². The highest BCUT2D eigenvalue weighted by molar-refractivity contribution is 5.85. The number of anilines is 3. The Bertz CT molecular complexity index is 1600. The van der Waals surface area contributed by atoms with Gasteiger partial charge in [-0.15, -0.1) is 0 Å². The zero-order chi connectivity index (χ0) is 44.3. The molecule has 0 spiro atoms. The molecule has 2 atom stereocenters. The summed E-state index contributed by atoms with van der Waals surface area (Å²) >= 11 is 0. The van der Waals surface area contributed by atoms with Gasteiger partial charge in [0.2, 0.25) is 17.8 Å². The Hall–Kier alpha value is -5.37. The molecule has 62 heavy (non-hydrogen) atoms. The number of nitrogens with one attached hydrogen (secondary N) is 3. The van der Waals surface area contributed by atoms with Gasteiger partial charge >= 0.3 is 12.1 Å². The Morgan fingerprint density at radius 2 is 0.839 bits per heavy atom. The standard InChI is InChI=1S/C18H18O4.C12H22N4O6.C9H18N6O3/c1-5-15(19-9-17-11-21-17)6-2-13(1)14-3-7-16(8-4-14)20-10-18-12-22-18;1-19-5-13-9-10(15(7-21-3)11(13)17)16(8-22-4)12(18)14(9)6-20-2;16-4-1-10-7-13-8(11-2-5-17)15-9(14-7)12-3-6-18/h1-8,17-18H,9-12H2;9-10H,5-8H2,1-4H3;16-18H,1-6H2,(H3,10,11,12,13,14,15). The van der Waals surface area contributed by atoms with Crippen LogP contribution in [0.3, 0.4) is 0 Å². The van der Waals surface area contributed by atoms with E-state index in [1.807, 2.05) is 24.3 Å². The molecule has 2 unspecified atom stereocenters. The molecule has 6 N–H and O–H groups in total. The molecule has 0 bridgehead atoms. The van der Waals surface area contributed by atoms with Gasteiger partial charge in [-0.25, -0.2) is 9.59 Å². The van der Waals surface area contributed by atoms with E-state index in [4.69, 9.17) is 53.2 Å². The van der Waals surface area contributed by atoms with Crippen LogP contribution in [-0.2, 0) is 28.4 Å². The first-order chi connectivity index (χ1) is 30.3. The predicted molar refractivity (Wildman–Crippen MR) is 222 cm³/mol. The van der Waals surface area contributed by atoms with Gasteiger partial charge in [-0.2, -0.15) is 15.0 Å². The third kappa shape index (κ3) is 13.8. The minimum absolute atomic E-state index is 0.0372. The highest BCUT2D eigenvalue weighted by atomic mass is 16.6. The van der Waals surface area contributed by atoms with Gasteiger partial charge in [-0.3, -0.25) is 19.6 Å². The SMILES string of the molecule is COCN1C(=O)N(COC)C2C1N(COC)C(=O)N2COC.OCCNc1nc(NCCO)nc(NCCO)n1.c1cc(-c2ccc(OCC3CO3)cc2)ccc1OCC1CO1. The summed E-state index contributed by atoms with van der Waals surface area (Å²) in [6, 6.07) is 15.7. The quantitative estimate of drug-likeness (QED) is 0.0671. The van der Waals surface area contributed by atoms with Gasteiger partial charge in [-0.05, 0) is 35.4 Å². The average molecular weight is 875 g/mol. The second-order valence-electron chi connectivity index (χ2n) is 13.8. The summed E-state index contributed by atoms with van der Waals surface area (Å²) in [5.74, 6) is 2.67. The van der Waals surface area contributed by atoms with Gasteiger partial charge in [0.15, 0.2) is 12.3 Å². The van der Waals surface area contributed by atoms with E-state index in [2.05, 4.69) is 55.2 Å². The number of nitrogens with zero attached hydrogens (tertiary/aromatic N) is 7. The number of amides is 4. The van der Waals surface area contributed by atoms with Crippen molar-refractivity contribution in [2.24, 2.45) is 0 Å². The molecular weight excluding hydrogens is 816 g/mol. The van der Waals surface area contributed by atoms with Crippen LogP contribution in [0.5, 0.6) is 11.5 Å². The number of rotatable bonds is 24. The lowest BCUT2D eigenvalue weighted by Crippen LogP contribution is -2.48. The topological polar surface area (TPSA) is 263 Å². The van der Waals surface area contributed by atoms with Crippen LogP contribution in [0.4, 0.5) is 27.4 Å². The van der Waals surface area contributed by atoms with Crippen LogP contribution in [-0.4, -0.2) is 208 Å². The summed E-state index contributed by atoms with van der Waals surface area (Å²) in [5, 5.41) is 34.6. The predicted octanol–water partition coefficient (Wildman–Crippen LogP) is 0.522. The number of carbonyl (C=O) groups excluding carboxylic acids is 2. The Morgan fingerprint density at radius 1 is 0.548 bits per heavy atom. The summed E-state index contributed by atoms with van der Waals surface area (Å²) < 4.78 is 41.9. The van der Waals surface area contributed by atoms with E-state index >= 15 is 0 Å². The van der Waals surface area contributed by atoms with Crippen LogP contribution < -0.4 is 25.4 Å². The van der Waals surface area contributed by atoms with Gasteiger partial charge in [0.05, 0.1) is 33.0 Å². The second kappa shape index (κ2) is 24.9. The van der Waals surface area contributed by atoms with Crippen LogP contribution in [0.2, 0.25) is 0 Å². The van der Waals surface area contributed by atoms with Gasteiger partial charge in [-0.1, -0.05) is 24.3 Å². The zero-order valence-electron chi connectivity index (χ0n) is 35.4. The first kappa shape index (κ1) is 47.7. The second-order valence-corrected chi connectivity index (χ2v) is 13.8. The number of carbonyl (C=O) groups is 2. The van der Waals surface area contributed by atoms with Crippen LogP contribution in [0.15, 0.2) is 48.5 Å². The number of aromatic nitrogens is 3. The van der Waals surface area contributed by atoms with E-state index in [1.165, 1.54) is 48.0 Å². The van der Waals surface area contributed by atoms with E-state index < -0.39 is 12.3 Å². The van der Waals surface area contributed by atoms with Crippen molar-refractivity contribution in [2.75, 3.05) is 137 Å². The van der Waals surface area contributed by atoms with Crippen LogP contribution in [0.1, 0.15) is 0 Å². The first-order valence-electron chi connectivity index (χ1n) is 19.9. The lowest BCUT2D eigenvalue weighted by atomic mass is 10.1. The molecule has 5 heterocycles. The minimum Gasteiger partial charge on any atom is -0.491 e. The molecule has 23 heteroatoms. The molecule has 4 fully saturated rings. The van der Waals surface area contributed by atoms with Crippen LogP contribution >= 0.6 is 0 Å². The van der Waals surface area contributed by atoms with Crippen molar-refractivity contribution in [3.05, 3.63) is 48.5 Å². The fraction of sp³-hybridized carbons (Fsp3) is 0.564. The highest BCUT2D eigenvalue weighted by Gasteiger charge is 2.59. The number of methoxy groups -OCH3 is 4. The molecule has 0 saturated carbocycles. The molecule has 23 nitrogen and oxygen atoms in total. The van der Waals surface area contributed by atoms with Crippen molar-refractivity contribution >= 4 is 29.9 Å². The molecule has 4 aliphatic rings. The maximum Gasteiger partial charge on any atom is 0.327 e. The van der Waals surface area contributed by atoms with E-state index in [0.29, 0.717) is 50.7 Å². The maximum absolute atomic E-state index is 12.6. The fourth-order valence-electron chi connectivity index (χ4n) is 6.16. The van der Waals surface area contributed by atoms with Crippen molar-refractivity contribution in [1.82, 2.24) is 34.6 Å². The number of aliphatic hydroxyl groups is 3. The Kier molecular flexibility index (Phi) is 19.2. The molecule has 342 valence electrons. The molecular formula is C39H58N10O13. The van der Waals surface area contributed by atoms with Crippen molar-refractivity contribution in [2.45, 2.75) is 24.5 Å². The normalized spacial score (nSPS) is 19.6. The summed E-state index contributed by atoms with van der Waals surface area (Å²) in [4.78, 5) is 43.1. The largest absolute Gasteiger partial charge is 0.491 e. The number of benzene rings is 2. The fourth-order valence-corrected chi connectivity index (χ4v) is 6.16. The van der Waals surface area contributed by atoms with Crippen molar-refractivity contribution in [3.63, 3.8) is 0 Å². The molecule has 2 aromatic carbocycles. The van der Waals surface area contributed by atoms with E-state index in [-0.39, 0.29) is 71.0 Å². The lowest BCUT2D eigenvalue weighted by Gasteiger charge is -2.28. The monoisotopic (exact) mass is 874 g/mol. The molecule has 1 aromatic heterocycles. The molecule has 4 saturated heterocycles. The van der Waals surface area contributed by atoms with Crippen LogP contribution in [0, 0.1) is 0 Å². The number of hydrogen-bond acceptors (Lipinski definition) is 19. The van der Waals surface area contributed by atoms with Crippen molar-refractivity contribution < 1.29 is 62.8 Å². The van der Waals surface area contributed by atoms with E-state index in [9.17, 15) is 9.59 Å². The van der Waals surface area contributed by atoms with Gasteiger partial charge in [0.1, 0.15) is 63.8 Å². The molecule has 0 radical (unpaired) electrons. The molecule has 4 aliphatic heterocycles. The number of epoxide rings is 2. The van der Waals surface area contributed by atoms with Gasteiger partial charge in [0, 0.05) is 48.1 Å². The van der Waals surface area contributed by atoms with Gasteiger partial charge < -0.3 is 69.2 Å². The maximum atomic E-state index is 12.6. The Labute approximate surface area is 359 Å². The van der Waals surface area contributed by atoms with Crippen LogP contribution in [0.25, 0.3) is 11.1 Å². The first-order valence-corrected chi connectivity index (χ1v) is 19.9. The minimum atomic E-state index is -0.523. The summed E-state index contributed by atoms with van der Waals surface area (Å²) in [5.41, 5.74) is 2.32. The molecule has 0 aliphatic carbocycles. The average Bonchev–Trinajstić information content (AvgIpc) is 4.24. The Balaban J connectivity index is 0.000000177. The lowest BCUT2D eigenvalue weighted by molar-refractivity contribution is -0.0135. The third-order valence-electron chi connectivity index (χ3n) is 9.14. The smallest absolute Gasteiger partial charge is 0.327 e. The number of urea groups is 2. The molecule has 7 rings (SSSR count). The molecule has 3 aromatic rings. The van der Waals surface area contributed by atoms with E-state index in [1.54, 1.807) is 0 Å². The summed E-state index contributed by atoms with van der Waals surface area (Å²) in [6.45, 7) is 4.02. The van der Waals surface area contributed by atoms with Crippen molar-refractivity contribution in [3.8, 4) is 22.6 Å². The summed E-state index contributed by atoms with van der Waals surface area (Å²) in [6.07, 6.45) is -0.475. The number of ether oxygens (including phenoxy) is 8. The van der Waals surface area contributed by atoms with Crippen molar-refractivity contribution in [1.29, 1.82) is 0 Å². The molecule has 4 amide bonds. The summed E-state index contributed by atoms with van der Waals surface area (Å²) in [7, 11) is 5.97. The number of hydrogen-bond donors (Lipinski definition) is 6.